The summed E-state index contributed by atoms with van der Waals surface area (Å²) < 4.78 is 28.5. The summed E-state index contributed by atoms with van der Waals surface area (Å²) in [5, 5.41) is 4.12. The maximum Gasteiger partial charge on any atom is 0.260 e. The Morgan fingerprint density at radius 2 is 2.37 bits per heavy atom. The highest BCUT2D eigenvalue weighted by Gasteiger charge is 2.31. The molecule has 0 aliphatic carbocycles. The number of fused-ring (bicyclic) bond motifs is 1. The monoisotopic (exact) mass is 320 g/mol. The van der Waals surface area contributed by atoms with Gasteiger partial charge in [0, 0.05) is 30.6 Å². The normalized spacial score (nSPS) is 20.1. The number of nitrogens with zero attached hydrogens (tertiary/aromatic N) is 2. The smallest absolute Gasteiger partial charge is 0.260 e. The van der Waals surface area contributed by atoms with Gasteiger partial charge in [-0.15, -0.1) is 11.3 Å². The van der Waals surface area contributed by atoms with E-state index in [2.05, 4.69) is 15.0 Å². The molecule has 0 saturated carbocycles. The molecule has 1 saturated heterocycles. The molecule has 3 rings (SSSR count). The minimum absolute atomic E-state index is 0.0726. The molecule has 0 spiro atoms. The maximum absolute atomic E-state index is 12.3. The standard InChI is InChI=1S/C9H9ClN4O3S2/c10-7-8(14-1-2-18-9(14)12-7)19(16,17)13-5-3-6(15)11-4-5/h1-2,5,13H,3-4H2,(H,11,15). The van der Waals surface area contributed by atoms with Gasteiger partial charge in [0.15, 0.2) is 15.1 Å². The van der Waals surface area contributed by atoms with Crippen molar-refractivity contribution in [1.82, 2.24) is 19.4 Å². The lowest BCUT2D eigenvalue weighted by atomic mass is 10.3. The summed E-state index contributed by atoms with van der Waals surface area (Å²) in [6.45, 7) is 0.279. The third-order valence-corrected chi connectivity index (χ3v) is 5.41. The minimum atomic E-state index is -3.82. The molecule has 3 heterocycles. The largest absolute Gasteiger partial charge is 0.354 e. The summed E-state index contributed by atoms with van der Waals surface area (Å²) in [6, 6.07) is -0.460. The number of carbonyl (C=O) groups is 1. The Morgan fingerprint density at radius 1 is 1.58 bits per heavy atom. The Hall–Kier alpha value is -1.16. The van der Waals surface area contributed by atoms with Crippen LogP contribution in [0.25, 0.3) is 4.96 Å². The molecule has 1 atom stereocenters. The number of halogens is 1. The number of aromatic nitrogens is 2. The number of thiazole rings is 1. The Morgan fingerprint density at radius 3 is 3.05 bits per heavy atom. The number of hydrogen-bond acceptors (Lipinski definition) is 5. The topological polar surface area (TPSA) is 92.6 Å². The van der Waals surface area contributed by atoms with Crippen molar-refractivity contribution < 1.29 is 13.2 Å². The fourth-order valence-electron chi connectivity index (χ4n) is 1.94. The van der Waals surface area contributed by atoms with E-state index in [0.717, 1.165) is 0 Å². The number of imidazole rings is 1. The number of carbonyl (C=O) groups excluding carboxylic acids is 1. The molecule has 19 heavy (non-hydrogen) atoms. The first-order valence-electron chi connectivity index (χ1n) is 5.37. The second-order valence-electron chi connectivity index (χ2n) is 4.09. The lowest BCUT2D eigenvalue weighted by Crippen LogP contribution is -2.36. The molecule has 1 aliphatic rings. The van der Waals surface area contributed by atoms with Crippen molar-refractivity contribution in [3.8, 4) is 0 Å². The van der Waals surface area contributed by atoms with E-state index in [1.165, 1.54) is 15.7 Å². The summed E-state index contributed by atoms with van der Waals surface area (Å²) in [5.74, 6) is -0.173. The van der Waals surface area contributed by atoms with Crippen LogP contribution in [0.4, 0.5) is 0 Å². The first-order chi connectivity index (χ1) is 8.97. The molecule has 1 fully saturated rings. The van der Waals surface area contributed by atoms with Gasteiger partial charge in [0.25, 0.3) is 10.0 Å². The van der Waals surface area contributed by atoms with Gasteiger partial charge >= 0.3 is 0 Å². The zero-order chi connectivity index (χ0) is 13.6. The Kier molecular flexibility index (Phi) is 3.01. The summed E-state index contributed by atoms with van der Waals surface area (Å²) in [7, 11) is -3.82. The van der Waals surface area contributed by atoms with Crippen LogP contribution in [0.1, 0.15) is 6.42 Å². The van der Waals surface area contributed by atoms with E-state index < -0.39 is 16.1 Å². The molecule has 1 amide bonds. The van der Waals surface area contributed by atoms with Gasteiger partial charge in [0.05, 0.1) is 0 Å². The molecule has 7 nitrogen and oxygen atoms in total. The summed E-state index contributed by atoms with van der Waals surface area (Å²) in [5.41, 5.74) is 0. The van der Waals surface area contributed by atoms with Crippen LogP contribution in [0.15, 0.2) is 16.6 Å². The zero-order valence-corrected chi connectivity index (χ0v) is 11.8. The third kappa shape index (κ3) is 2.22. The van der Waals surface area contributed by atoms with Crippen molar-refractivity contribution in [2.24, 2.45) is 0 Å². The zero-order valence-electron chi connectivity index (χ0n) is 9.46. The fourth-order valence-corrected chi connectivity index (χ4v) is 4.63. The van der Waals surface area contributed by atoms with Crippen molar-refractivity contribution in [3.63, 3.8) is 0 Å². The van der Waals surface area contributed by atoms with Crippen molar-refractivity contribution in [2.75, 3.05) is 6.54 Å². The van der Waals surface area contributed by atoms with Crippen LogP contribution in [0, 0.1) is 0 Å². The van der Waals surface area contributed by atoms with Crippen LogP contribution in [0.3, 0.4) is 0 Å². The van der Waals surface area contributed by atoms with Gasteiger partial charge in [-0.1, -0.05) is 11.6 Å². The average Bonchev–Trinajstić information content (AvgIpc) is 2.93. The van der Waals surface area contributed by atoms with Crippen LogP contribution in [0.2, 0.25) is 5.15 Å². The Balaban J connectivity index is 1.97. The minimum Gasteiger partial charge on any atom is -0.354 e. The molecule has 10 heteroatoms. The van der Waals surface area contributed by atoms with Crippen molar-refractivity contribution in [2.45, 2.75) is 17.5 Å². The molecule has 0 aromatic carbocycles. The molecule has 2 N–H and O–H groups in total. The number of nitrogens with one attached hydrogen (secondary N) is 2. The summed E-state index contributed by atoms with van der Waals surface area (Å²) >= 11 is 7.17. The van der Waals surface area contributed by atoms with Gasteiger partial charge in [-0.25, -0.2) is 18.1 Å². The van der Waals surface area contributed by atoms with E-state index >= 15 is 0 Å². The van der Waals surface area contributed by atoms with Gasteiger partial charge in [-0.3, -0.25) is 9.20 Å². The SMILES string of the molecule is O=C1CC(NS(=O)(=O)c2c(Cl)nc3sccn23)CN1. The molecule has 0 radical (unpaired) electrons. The molecule has 2 aromatic heterocycles. The number of sulfonamides is 1. The highest BCUT2D eigenvalue weighted by atomic mass is 35.5. The van der Waals surface area contributed by atoms with Crippen molar-refractivity contribution >= 4 is 43.8 Å². The van der Waals surface area contributed by atoms with E-state index in [1.54, 1.807) is 11.6 Å². The average molecular weight is 321 g/mol. The molecule has 1 unspecified atom stereocenters. The van der Waals surface area contributed by atoms with Gasteiger partial charge in [-0.2, -0.15) is 0 Å². The molecular weight excluding hydrogens is 312 g/mol. The first-order valence-corrected chi connectivity index (χ1v) is 8.11. The van der Waals surface area contributed by atoms with Crippen LogP contribution in [-0.4, -0.2) is 36.3 Å². The van der Waals surface area contributed by atoms with E-state index in [0.29, 0.717) is 4.96 Å². The molecule has 0 bridgehead atoms. The lowest BCUT2D eigenvalue weighted by Gasteiger charge is -2.10. The third-order valence-electron chi connectivity index (χ3n) is 2.73. The summed E-state index contributed by atoms with van der Waals surface area (Å²) in [4.78, 5) is 15.6. The van der Waals surface area contributed by atoms with Crippen LogP contribution < -0.4 is 10.0 Å². The van der Waals surface area contributed by atoms with Crippen LogP contribution in [-0.2, 0) is 14.8 Å². The molecule has 2 aromatic rings. The van der Waals surface area contributed by atoms with Gasteiger partial charge in [0.2, 0.25) is 5.91 Å². The van der Waals surface area contributed by atoms with Crippen molar-refractivity contribution in [1.29, 1.82) is 0 Å². The van der Waals surface area contributed by atoms with Crippen LogP contribution >= 0.6 is 22.9 Å². The second kappa shape index (κ2) is 4.44. The second-order valence-corrected chi connectivity index (χ2v) is 6.95. The van der Waals surface area contributed by atoms with Gasteiger partial charge in [0.1, 0.15) is 0 Å². The number of hydrogen-bond donors (Lipinski definition) is 2. The summed E-state index contributed by atoms with van der Waals surface area (Å²) in [6.07, 6.45) is 1.72. The van der Waals surface area contributed by atoms with E-state index in [1.807, 2.05) is 0 Å². The van der Waals surface area contributed by atoms with E-state index in [9.17, 15) is 13.2 Å². The Labute approximate surface area is 117 Å². The van der Waals surface area contributed by atoms with Gasteiger partial charge in [-0.05, 0) is 0 Å². The number of amides is 1. The Bertz CT molecular complexity index is 751. The quantitative estimate of drug-likeness (QED) is 0.846. The van der Waals surface area contributed by atoms with E-state index in [-0.39, 0.29) is 29.1 Å². The highest BCUT2D eigenvalue weighted by Crippen LogP contribution is 2.25. The molecular formula is C9H9ClN4O3S2. The number of rotatable bonds is 3. The lowest BCUT2D eigenvalue weighted by molar-refractivity contribution is -0.119. The predicted octanol–water partition coefficient (Wildman–Crippen LogP) is 0.216. The van der Waals surface area contributed by atoms with Gasteiger partial charge < -0.3 is 5.32 Å². The maximum atomic E-state index is 12.3. The van der Waals surface area contributed by atoms with Crippen molar-refractivity contribution in [3.05, 3.63) is 16.7 Å². The molecule has 1 aliphatic heterocycles. The fraction of sp³-hybridized carbons (Fsp3) is 0.333. The predicted molar refractivity (Wildman–Crippen MR) is 69.8 cm³/mol. The van der Waals surface area contributed by atoms with E-state index in [4.69, 9.17) is 11.6 Å². The first kappa shape index (κ1) is 12.9. The highest BCUT2D eigenvalue weighted by molar-refractivity contribution is 7.89. The van der Waals surface area contributed by atoms with Crippen LogP contribution in [0.5, 0.6) is 0 Å². The molecule has 102 valence electrons.